The minimum Gasteiger partial charge on any atom is -0.508 e. The lowest BCUT2D eigenvalue weighted by Gasteiger charge is -2.25. The van der Waals surface area contributed by atoms with Crippen LogP contribution in [-0.2, 0) is 32.0 Å². The van der Waals surface area contributed by atoms with E-state index in [4.69, 9.17) is 22.9 Å². The molecule has 45 heavy (non-hydrogen) atoms. The fourth-order valence-electron chi connectivity index (χ4n) is 4.38. The van der Waals surface area contributed by atoms with Crippen LogP contribution in [0.25, 0.3) is 0 Å². The van der Waals surface area contributed by atoms with Gasteiger partial charge in [0.05, 0.1) is 6.04 Å². The summed E-state index contributed by atoms with van der Waals surface area (Å²) in [4.78, 5) is 55.8. The normalized spacial score (nSPS) is 13.5. The van der Waals surface area contributed by atoms with Crippen LogP contribution in [0.1, 0.15) is 43.2 Å². The molecule has 4 unspecified atom stereocenters. The number of hydrogen-bond acceptors (Lipinski definition) is 9. The molecule has 0 spiro atoms. The molecule has 246 valence electrons. The van der Waals surface area contributed by atoms with Crippen molar-refractivity contribution < 1.29 is 34.5 Å². The van der Waals surface area contributed by atoms with Gasteiger partial charge < -0.3 is 54.2 Å². The zero-order valence-corrected chi connectivity index (χ0v) is 25.0. The van der Waals surface area contributed by atoms with E-state index < -0.39 is 47.9 Å². The van der Waals surface area contributed by atoms with E-state index in [0.29, 0.717) is 36.9 Å². The average molecular weight is 629 g/mol. The Hall–Kier alpha value is -4.89. The molecule has 0 fully saturated rings. The summed E-state index contributed by atoms with van der Waals surface area (Å²) in [5.74, 6) is -3.36. The molecule has 0 saturated carbocycles. The Bertz CT molecular complexity index is 1280. The fraction of sp³-hybridized carbons (Fsp3) is 0.433. The van der Waals surface area contributed by atoms with Crippen molar-refractivity contribution in [1.82, 2.24) is 16.0 Å². The van der Waals surface area contributed by atoms with E-state index in [1.807, 2.05) is 0 Å². The molecule has 15 nitrogen and oxygen atoms in total. The third kappa shape index (κ3) is 13.5. The highest BCUT2D eigenvalue weighted by atomic mass is 16.4. The first-order chi connectivity index (χ1) is 21.4. The number of carbonyl (C=O) groups is 4. The molecule has 0 heterocycles. The number of carbonyl (C=O) groups excluding carboxylic acids is 3. The largest absolute Gasteiger partial charge is 0.508 e. The maximum absolute atomic E-state index is 13.6. The third-order valence-electron chi connectivity index (χ3n) is 6.88. The zero-order valence-electron chi connectivity index (χ0n) is 25.0. The maximum atomic E-state index is 13.6. The second-order valence-electron chi connectivity index (χ2n) is 10.6. The smallest absolute Gasteiger partial charge is 0.326 e. The number of benzene rings is 2. The molecule has 4 atom stereocenters. The van der Waals surface area contributed by atoms with Gasteiger partial charge in [-0.3, -0.25) is 19.4 Å². The molecule has 0 saturated heterocycles. The van der Waals surface area contributed by atoms with Crippen molar-refractivity contribution in [3.05, 3.63) is 59.7 Å². The number of carboxylic acids is 1. The van der Waals surface area contributed by atoms with Crippen molar-refractivity contribution in [3.8, 4) is 11.5 Å². The lowest BCUT2D eigenvalue weighted by Crippen LogP contribution is -2.57. The number of phenols is 2. The molecule has 0 aliphatic rings. The van der Waals surface area contributed by atoms with Crippen LogP contribution >= 0.6 is 0 Å². The van der Waals surface area contributed by atoms with E-state index in [9.17, 15) is 34.5 Å². The van der Waals surface area contributed by atoms with Gasteiger partial charge >= 0.3 is 5.97 Å². The summed E-state index contributed by atoms with van der Waals surface area (Å²) in [6.07, 6.45) is 1.76. The summed E-state index contributed by atoms with van der Waals surface area (Å²) in [5.41, 5.74) is 23.5. The SMILES string of the molecule is NCCCCC(NC(=O)C(Cc1ccc(O)cc1)NC(=O)C(N)CCCN=C(N)N)C(=O)NC(Cc1ccc(O)cc1)C(=O)O. The van der Waals surface area contributed by atoms with E-state index in [1.54, 1.807) is 24.3 Å². The number of nitrogens with zero attached hydrogens (tertiary/aromatic N) is 1. The van der Waals surface area contributed by atoms with Crippen LogP contribution in [0.2, 0.25) is 0 Å². The number of carboxylic acid groups (broad SMARTS) is 1. The second-order valence-corrected chi connectivity index (χ2v) is 10.6. The summed E-state index contributed by atoms with van der Waals surface area (Å²) >= 11 is 0. The molecule has 14 N–H and O–H groups in total. The average Bonchev–Trinajstić information content (AvgIpc) is 2.99. The molecule has 2 aromatic carbocycles. The quantitative estimate of drug-likeness (QED) is 0.0508. The molecule has 0 aromatic heterocycles. The number of guanidine groups is 1. The summed E-state index contributed by atoms with van der Waals surface area (Å²) in [7, 11) is 0. The predicted octanol–water partition coefficient (Wildman–Crippen LogP) is -1.07. The number of unbranched alkanes of at least 4 members (excludes halogenated alkanes) is 1. The second kappa shape index (κ2) is 18.7. The van der Waals surface area contributed by atoms with E-state index in [1.165, 1.54) is 24.3 Å². The molecule has 3 amide bonds. The van der Waals surface area contributed by atoms with Gasteiger partial charge in [-0.2, -0.15) is 0 Å². The van der Waals surface area contributed by atoms with Gasteiger partial charge in [0.25, 0.3) is 0 Å². The Morgan fingerprint density at radius 1 is 0.689 bits per heavy atom. The van der Waals surface area contributed by atoms with Crippen LogP contribution in [0.3, 0.4) is 0 Å². The molecular formula is C30H44N8O7. The number of nitrogens with two attached hydrogens (primary N) is 4. The summed E-state index contributed by atoms with van der Waals surface area (Å²) in [6, 6.07) is 7.34. The first-order valence-electron chi connectivity index (χ1n) is 14.6. The van der Waals surface area contributed by atoms with Crippen molar-refractivity contribution in [2.75, 3.05) is 13.1 Å². The van der Waals surface area contributed by atoms with Gasteiger partial charge in [0.2, 0.25) is 17.7 Å². The Morgan fingerprint density at radius 2 is 1.18 bits per heavy atom. The van der Waals surface area contributed by atoms with Crippen LogP contribution in [0.5, 0.6) is 11.5 Å². The lowest BCUT2D eigenvalue weighted by molar-refractivity contribution is -0.142. The van der Waals surface area contributed by atoms with Crippen molar-refractivity contribution >= 4 is 29.7 Å². The van der Waals surface area contributed by atoms with Gasteiger partial charge in [-0.15, -0.1) is 0 Å². The monoisotopic (exact) mass is 628 g/mol. The Balaban J connectivity index is 2.22. The van der Waals surface area contributed by atoms with E-state index >= 15 is 0 Å². The first kappa shape index (κ1) is 36.3. The van der Waals surface area contributed by atoms with Crippen LogP contribution in [-0.4, -0.2) is 82.2 Å². The Morgan fingerprint density at radius 3 is 1.69 bits per heavy atom. The van der Waals surface area contributed by atoms with Crippen molar-refractivity contribution in [3.63, 3.8) is 0 Å². The Labute approximate surface area is 261 Å². The summed E-state index contributed by atoms with van der Waals surface area (Å²) < 4.78 is 0. The number of rotatable bonds is 19. The fourth-order valence-corrected chi connectivity index (χ4v) is 4.38. The molecule has 15 heteroatoms. The van der Waals surface area contributed by atoms with Gasteiger partial charge in [0.15, 0.2) is 5.96 Å². The number of phenolic OH excluding ortho intramolecular Hbond substituents is 2. The van der Waals surface area contributed by atoms with Crippen molar-refractivity contribution in [1.29, 1.82) is 0 Å². The molecular weight excluding hydrogens is 584 g/mol. The van der Waals surface area contributed by atoms with Gasteiger partial charge in [-0.05, 0) is 74.0 Å². The van der Waals surface area contributed by atoms with E-state index in [0.717, 1.165) is 0 Å². The molecule has 2 aromatic rings. The van der Waals surface area contributed by atoms with Gasteiger partial charge in [-0.1, -0.05) is 24.3 Å². The number of aliphatic imine (C=N–C) groups is 1. The Kier molecular flexibility index (Phi) is 15.1. The summed E-state index contributed by atoms with van der Waals surface area (Å²) in [5, 5.41) is 36.8. The third-order valence-corrected chi connectivity index (χ3v) is 6.88. The van der Waals surface area contributed by atoms with Crippen LogP contribution < -0.4 is 38.9 Å². The van der Waals surface area contributed by atoms with Crippen LogP contribution in [0, 0.1) is 0 Å². The van der Waals surface area contributed by atoms with Crippen molar-refractivity contribution in [2.24, 2.45) is 27.9 Å². The highest BCUT2D eigenvalue weighted by Crippen LogP contribution is 2.14. The number of amides is 3. The number of nitrogens with one attached hydrogen (secondary N) is 3. The highest BCUT2D eigenvalue weighted by molar-refractivity contribution is 5.94. The highest BCUT2D eigenvalue weighted by Gasteiger charge is 2.30. The predicted molar refractivity (Wildman–Crippen MR) is 168 cm³/mol. The van der Waals surface area contributed by atoms with Gasteiger partial charge in [0, 0.05) is 19.4 Å². The minimum absolute atomic E-state index is 0.00825. The number of aliphatic carboxylic acids is 1. The van der Waals surface area contributed by atoms with E-state index in [-0.39, 0.29) is 49.7 Å². The number of aromatic hydroxyl groups is 2. The topological polar surface area (TPSA) is 282 Å². The van der Waals surface area contributed by atoms with Crippen LogP contribution in [0.4, 0.5) is 0 Å². The first-order valence-corrected chi connectivity index (χ1v) is 14.6. The standard InChI is InChI=1S/C30H44N8O7/c31-14-2-1-5-23(27(42)38-25(29(44)45)17-19-8-12-21(40)13-9-19)36-28(43)24(16-18-6-10-20(39)11-7-18)37-26(41)22(32)4-3-15-35-30(33)34/h6-13,22-25,39-40H,1-5,14-17,31-32H2,(H,36,43)(H,37,41)(H,38,42)(H,44,45)(H4,33,34,35). The van der Waals surface area contributed by atoms with Gasteiger partial charge in [-0.25, -0.2) is 4.79 Å². The van der Waals surface area contributed by atoms with Gasteiger partial charge in [0.1, 0.15) is 29.6 Å². The van der Waals surface area contributed by atoms with E-state index in [2.05, 4.69) is 20.9 Å². The maximum Gasteiger partial charge on any atom is 0.326 e. The molecule has 0 aliphatic carbocycles. The van der Waals surface area contributed by atoms with Crippen molar-refractivity contribution in [2.45, 2.75) is 69.1 Å². The van der Waals surface area contributed by atoms with Crippen LogP contribution in [0.15, 0.2) is 53.5 Å². The number of hydrogen-bond donors (Lipinski definition) is 10. The molecule has 2 rings (SSSR count). The molecule has 0 radical (unpaired) electrons. The zero-order chi connectivity index (χ0) is 33.4. The summed E-state index contributed by atoms with van der Waals surface area (Å²) in [6.45, 7) is 0.617. The molecule has 0 bridgehead atoms. The lowest BCUT2D eigenvalue weighted by atomic mass is 10.0. The molecule has 0 aliphatic heterocycles. The minimum atomic E-state index is -1.32.